The highest BCUT2D eigenvalue weighted by molar-refractivity contribution is 6.31. The maximum atomic E-state index is 6.51. The van der Waals surface area contributed by atoms with Gasteiger partial charge in [0, 0.05) is 22.7 Å². The molecule has 1 atom stereocenters. The van der Waals surface area contributed by atoms with Gasteiger partial charge in [-0.1, -0.05) is 31.9 Å². The molecule has 3 nitrogen and oxygen atoms in total. The fourth-order valence-electron chi connectivity index (χ4n) is 3.24. The Labute approximate surface area is 125 Å². The van der Waals surface area contributed by atoms with E-state index in [0.717, 1.165) is 29.5 Å². The molecule has 2 aliphatic rings. The molecule has 1 aromatic carbocycles. The van der Waals surface area contributed by atoms with Gasteiger partial charge in [-0.25, -0.2) is 0 Å². The summed E-state index contributed by atoms with van der Waals surface area (Å²) in [6.45, 7) is 5.79. The van der Waals surface area contributed by atoms with Gasteiger partial charge in [0.15, 0.2) is 11.5 Å². The third-order valence-corrected chi connectivity index (χ3v) is 4.53. The van der Waals surface area contributed by atoms with Gasteiger partial charge in [0.05, 0.1) is 0 Å². The molecule has 1 saturated heterocycles. The van der Waals surface area contributed by atoms with Crippen molar-refractivity contribution in [3.8, 4) is 11.5 Å². The van der Waals surface area contributed by atoms with Crippen LogP contribution in [0.1, 0.15) is 50.2 Å². The third kappa shape index (κ3) is 2.61. The van der Waals surface area contributed by atoms with E-state index in [1.165, 1.54) is 30.4 Å². The lowest BCUT2D eigenvalue weighted by molar-refractivity contribution is 0.173. The van der Waals surface area contributed by atoms with Gasteiger partial charge in [0.25, 0.3) is 0 Å². The van der Waals surface area contributed by atoms with E-state index in [1.54, 1.807) is 0 Å². The first-order chi connectivity index (χ1) is 9.66. The molecule has 0 saturated carbocycles. The highest BCUT2D eigenvalue weighted by Gasteiger charge is 2.27. The van der Waals surface area contributed by atoms with Gasteiger partial charge in [-0.05, 0) is 37.3 Å². The van der Waals surface area contributed by atoms with Crippen LogP contribution in [-0.4, -0.2) is 19.4 Å². The second-order valence-electron chi connectivity index (χ2n) is 5.99. The molecular weight excluding hydrogens is 274 g/mol. The van der Waals surface area contributed by atoms with E-state index in [4.69, 9.17) is 21.1 Å². The van der Waals surface area contributed by atoms with Crippen LogP contribution in [-0.2, 0) is 6.42 Å². The highest BCUT2D eigenvalue weighted by atomic mass is 35.5. The summed E-state index contributed by atoms with van der Waals surface area (Å²) in [5, 5.41) is 4.41. The topological polar surface area (TPSA) is 30.5 Å². The monoisotopic (exact) mass is 295 g/mol. The number of rotatable bonds is 3. The van der Waals surface area contributed by atoms with E-state index in [1.807, 2.05) is 6.07 Å². The lowest BCUT2D eigenvalue weighted by Gasteiger charge is -2.26. The maximum Gasteiger partial charge on any atom is 0.231 e. The summed E-state index contributed by atoms with van der Waals surface area (Å²) in [6, 6.07) is 2.44. The standard InChI is InChI=1S/C16H22ClNO2/c1-10(2)15-12(7-11-5-3-4-6-18-11)13(17)8-14-16(15)20-9-19-14/h8,10-11,18H,3-7,9H2,1-2H3. The van der Waals surface area contributed by atoms with Crippen LogP contribution in [0.25, 0.3) is 0 Å². The van der Waals surface area contributed by atoms with Crippen LogP contribution >= 0.6 is 11.6 Å². The average molecular weight is 296 g/mol. The molecule has 0 bridgehead atoms. The van der Waals surface area contributed by atoms with Crippen molar-refractivity contribution in [2.75, 3.05) is 13.3 Å². The van der Waals surface area contributed by atoms with Crippen molar-refractivity contribution in [1.82, 2.24) is 5.32 Å². The second-order valence-corrected chi connectivity index (χ2v) is 6.40. The Balaban J connectivity index is 1.96. The number of benzene rings is 1. The van der Waals surface area contributed by atoms with E-state index < -0.39 is 0 Å². The molecule has 2 heterocycles. The molecule has 2 aliphatic heterocycles. The first kappa shape index (κ1) is 14.0. The summed E-state index contributed by atoms with van der Waals surface area (Å²) >= 11 is 6.51. The zero-order chi connectivity index (χ0) is 14.1. The molecular formula is C16H22ClNO2. The van der Waals surface area contributed by atoms with Gasteiger partial charge in [0.2, 0.25) is 6.79 Å². The molecule has 0 spiro atoms. The Bertz CT molecular complexity index is 496. The Morgan fingerprint density at radius 2 is 2.20 bits per heavy atom. The third-order valence-electron chi connectivity index (χ3n) is 4.20. The van der Waals surface area contributed by atoms with Crippen LogP contribution in [0.5, 0.6) is 11.5 Å². The zero-order valence-electron chi connectivity index (χ0n) is 12.2. The minimum absolute atomic E-state index is 0.302. The van der Waals surface area contributed by atoms with Crippen molar-refractivity contribution in [2.24, 2.45) is 0 Å². The van der Waals surface area contributed by atoms with Crippen molar-refractivity contribution in [3.63, 3.8) is 0 Å². The second kappa shape index (κ2) is 5.82. The quantitative estimate of drug-likeness (QED) is 0.918. The molecule has 110 valence electrons. The van der Waals surface area contributed by atoms with Gasteiger partial charge >= 0.3 is 0 Å². The fraction of sp³-hybridized carbons (Fsp3) is 0.625. The summed E-state index contributed by atoms with van der Waals surface area (Å²) in [6.07, 6.45) is 4.78. The number of hydrogen-bond donors (Lipinski definition) is 1. The zero-order valence-corrected chi connectivity index (χ0v) is 12.9. The first-order valence-corrected chi connectivity index (χ1v) is 7.89. The Morgan fingerprint density at radius 3 is 2.90 bits per heavy atom. The normalized spacial score (nSPS) is 21.5. The number of piperidine rings is 1. The summed E-state index contributed by atoms with van der Waals surface area (Å²) in [7, 11) is 0. The van der Waals surface area contributed by atoms with Crippen molar-refractivity contribution in [2.45, 2.75) is 51.5 Å². The molecule has 3 rings (SSSR count). The molecule has 4 heteroatoms. The highest BCUT2D eigenvalue weighted by Crippen LogP contribution is 2.45. The number of halogens is 1. The summed E-state index contributed by atoms with van der Waals surface area (Å²) in [5.74, 6) is 2.07. The van der Waals surface area contributed by atoms with Crippen LogP contribution in [0.2, 0.25) is 5.02 Å². The first-order valence-electron chi connectivity index (χ1n) is 7.51. The van der Waals surface area contributed by atoms with Gasteiger partial charge in [0.1, 0.15) is 0 Å². The molecule has 1 aromatic rings. The minimum Gasteiger partial charge on any atom is -0.454 e. The Hall–Kier alpha value is -0.930. The van der Waals surface area contributed by atoms with E-state index in [-0.39, 0.29) is 0 Å². The molecule has 20 heavy (non-hydrogen) atoms. The molecule has 0 radical (unpaired) electrons. The molecule has 0 amide bonds. The SMILES string of the molecule is CC(C)c1c(CC2CCCCN2)c(Cl)cc2c1OCO2. The Morgan fingerprint density at radius 1 is 1.35 bits per heavy atom. The molecule has 1 N–H and O–H groups in total. The summed E-state index contributed by atoms with van der Waals surface area (Å²) in [5.41, 5.74) is 2.45. The van der Waals surface area contributed by atoms with Crippen LogP contribution < -0.4 is 14.8 Å². The van der Waals surface area contributed by atoms with Crippen LogP contribution in [0.4, 0.5) is 0 Å². The van der Waals surface area contributed by atoms with Crippen molar-refractivity contribution in [1.29, 1.82) is 0 Å². The largest absolute Gasteiger partial charge is 0.454 e. The maximum absolute atomic E-state index is 6.51. The van der Waals surface area contributed by atoms with Gasteiger partial charge in [-0.15, -0.1) is 0 Å². The van der Waals surface area contributed by atoms with Gasteiger partial charge in [-0.2, -0.15) is 0 Å². The number of nitrogens with one attached hydrogen (secondary N) is 1. The van der Waals surface area contributed by atoms with Crippen LogP contribution in [0.15, 0.2) is 6.07 Å². The number of hydrogen-bond acceptors (Lipinski definition) is 3. The summed E-state index contributed by atoms with van der Waals surface area (Å²) < 4.78 is 11.2. The van der Waals surface area contributed by atoms with E-state index >= 15 is 0 Å². The van der Waals surface area contributed by atoms with Crippen LogP contribution in [0, 0.1) is 0 Å². The van der Waals surface area contributed by atoms with E-state index in [2.05, 4.69) is 19.2 Å². The average Bonchev–Trinajstić information content (AvgIpc) is 2.87. The van der Waals surface area contributed by atoms with Gasteiger partial charge < -0.3 is 14.8 Å². The molecule has 0 aliphatic carbocycles. The Kier molecular flexibility index (Phi) is 4.08. The van der Waals surface area contributed by atoms with Crippen molar-refractivity contribution in [3.05, 3.63) is 22.2 Å². The van der Waals surface area contributed by atoms with Crippen LogP contribution in [0.3, 0.4) is 0 Å². The predicted molar refractivity (Wildman–Crippen MR) is 81.0 cm³/mol. The molecule has 0 aromatic heterocycles. The molecule has 1 fully saturated rings. The van der Waals surface area contributed by atoms with E-state index in [0.29, 0.717) is 18.8 Å². The minimum atomic E-state index is 0.302. The predicted octanol–water partition coefficient (Wildman–Crippen LogP) is 3.88. The van der Waals surface area contributed by atoms with Gasteiger partial charge in [-0.3, -0.25) is 0 Å². The number of ether oxygens (including phenoxy) is 2. The number of fused-ring (bicyclic) bond motifs is 1. The fourth-order valence-corrected chi connectivity index (χ4v) is 3.51. The van der Waals surface area contributed by atoms with Crippen molar-refractivity contribution >= 4 is 11.6 Å². The van der Waals surface area contributed by atoms with Crippen molar-refractivity contribution < 1.29 is 9.47 Å². The smallest absolute Gasteiger partial charge is 0.231 e. The van der Waals surface area contributed by atoms with E-state index in [9.17, 15) is 0 Å². The lowest BCUT2D eigenvalue weighted by Crippen LogP contribution is -2.35. The lowest BCUT2D eigenvalue weighted by atomic mass is 9.89. The molecule has 1 unspecified atom stereocenters. The summed E-state index contributed by atoms with van der Waals surface area (Å²) in [4.78, 5) is 0.